The van der Waals surface area contributed by atoms with Crippen molar-refractivity contribution in [1.29, 1.82) is 0 Å². The van der Waals surface area contributed by atoms with Crippen molar-refractivity contribution in [2.24, 2.45) is 17.8 Å². The first kappa shape index (κ1) is 12.9. The Morgan fingerprint density at radius 2 is 1.76 bits per heavy atom. The number of carbonyl (C=O) groups is 1. The minimum Gasteiger partial charge on any atom is -0.462 e. The van der Waals surface area contributed by atoms with E-state index in [1.807, 2.05) is 0 Å². The molecular weight excluding hydrogens is 212 g/mol. The van der Waals surface area contributed by atoms with Crippen molar-refractivity contribution in [3.63, 3.8) is 0 Å². The molecule has 2 rings (SSSR count). The Morgan fingerprint density at radius 3 is 2.24 bits per heavy atom. The van der Waals surface area contributed by atoms with E-state index in [0.29, 0.717) is 11.8 Å². The molecule has 0 saturated heterocycles. The lowest BCUT2D eigenvalue weighted by molar-refractivity contribution is -0.156. The third-order valence-electron chi connectivity index (χ3n) is 4.73. The van der Waals surface area contributed by atoms with Crippen molar-refractivity contribution in [2.45, 2.75) is 71.3 Å². The number of esters is 1. The topological polar surface area (TPSA) is 26.3 Å². The van der Waals surface area contributed by atoms with Crippen LogP contribution in [0.15, 0.2) is 0 Å². The van der Waals surface area contributed by atoms with Crippen LogP contribution in [0.5, 0.6) is 0 Å². The van der Waals surface area contributed by atoms with Crippen molar-refractivity contribution in [1.82, 2.24) is 0 Å². The second-order valence-corrected chi connectivity index (χ2v) is 5.82. The fraction of sp³-hybridized carbons (Fsp3) is 0.933. The Labute approximate surface area is 105 Å². The van der Waals surface area contributed by atoms with E-state index in [2.05, 4.69) is 13.8 Å². The Kier molecular flexibility index (Phi) is 4.47. The van der Waals surface area contributed by atoms with Gasteiger partial charge in [0.15, 0.2) is 0 Å². The summed E-state index contributed by atoms with van der Waals surface area (Å²) in [6.45, 7) is 4.28. The molecule has 17 heavy (non-hydrogen) atoms. The second kappa shape index (κ2) is 5.88. The van der Waals surface area contributed by atoms with E-state index in [1.165, 1.54) is 32.1 Å². The molecule has 1 unspecified atom stereocenters. The van der Waals surface area contributed by atoms with Gasteiger partial charge in [-0.3, -0.25) is 4.79 Å². The molecule has 2 bridgehead atoms. The summed E-state index contributed by atoms with van der Waals surface area (Å²) in [4.78, 5) is 12.1. The van der Waals surface area contributed by atoms with Gasteiger partial charge in [0.05, 0.1) is 5.92 Å². The Bertz CT molecular complexity index is 242. The molecular formula is C15H26O2. The highest BCUT2D eigenvalue weighted by molar-refractivity contribution is 5.72. The zero-order valence-corrected chi connectivity index (χ0v) is 11.3. The zero-order valence-electron chi connectivity index (χ0n) is 11.3. The van der Waals surface area contributed by atoms with E-state index < -0.39 is 0 Å². The molecule has 98 valence electrons. The maximum Gasteiger partial charge on any atom is 0.309 e. The van der Waals surface area contributed by atoms with E-state index in [4.69, 9.17) is 4.74 Å². The lowest BCUT2D eigenvalue weighted by atomic mass is 9.99. The lowest BCUT2D eigenvalue weighted by Crippen LogP contribution is -2.27. The number of ether oxygens (including phenoxy) is 1. The third kappa shape index (κ3) is 2.83. The van der Waals surface area contributed by atoms with Gasteiger partial charge in [-0.1, -0.05) is 26.7 Å². The maximum atomic E-state index is 12.1. The van der Waals surface area contributed by atoms with Crippen LogP contribution in [-0.4, -0.2) is 12.1 Å². The highest BCUT2D eigenvalue weighted by Gasteiger charge is 2.44. The Balaban J connectivity index is 1.83. The van der Waals surface area contributed by atoms with Gasteiger partial charge >= 0.3 is 5.97 Å². The number of hydrogen-bond acceptors (Lipinski definition) is 2. The van der Waals surface area contributed by atoms with E-state index >= 15 is 0 Å². The molecule has 0 spiro atoms. The second-order valence-electron chi connectivity index (χ2n) is 5.82. The normalized spacial score (nSPS) is 32.7. The predicted octanol–water partition coefficient (Wildman–Crippen LogP) is 3.93. The fourth-order valence-electron chi connectivity index (χ4n) is 3.55. The predicted molar refractivity (Wildman–Crippen MR) is 68.6 cm³/mol. The highest BCUT2D eigenvalue weighted by atomic mass is 16.5. The van der Waals surface area contributed by atoms with E-state index in [9.17, 15) is 4.79 Å². The molecule has 0 radical (unpaired) electrons. The van der Waals surface area contributed by atoms with Crippen molar-refractivity contribution < 1.29 is 9.53 Å². The van der Waals surface area contributed by atoms with E-state index in [0.717, 1.165) is 19.3 Å². The molecule has 2 fully saturated rings. The molecule has 0 amide bonds. The van der Waals surface area contributed by atoms with Crippen molar-refractivity contribution in [3.05, 3.63) is 0 Å². The number of hydrogen-bond donors (Lipinski definition) is 0. The molecule has 0 N–H and O–H groups in total. The van der Waals surface area contributed by atoms with Gasteiger partial charge in [0.1, 0.15) is 6.10 Å². The van der Waals surface area contributed by atoms with Crippen molar-refractivity contribution in [3.8, 4) is 0 Å². The van der Waals surface area contributed by atoms with Crippen LogP contribution in [0.25, 0.3) is 0 Å². The number of rotatable bonds is 6. The molecule has 1 atom stereocenters. The fourth-order valence-corrected chi connectivity index (χ4v) is 3.55. The summed E-state index contributed by atoms with van der Waals surface area (Å²) in [6, 6.07) is 0. The number of unbranched alkanes of at least 4 members (excludes halogenated alkanes) is 1. The molecule has 2 nitrogen and oxygen atoms in total. The van der Waals surface area contributed by atoms with Gasteiger partial charge in [-0.15, -0.1) is 0 Å². The minimum atomic E-state index is 0.0877. The van der Waals surface area contributed by atoms with Crippen molar-refractivity contribution >= 4 is 5.97 Å². The molecule has 0 aliphatic heterocycles. The van der Waals surface area contributed by atoms with Gasteiger partial charge in [0.2, 0.25) is 0 Å². The summed E-state index contributed by atoms with van der Waals surface area (Å²) >= 11 is 0. The summed E-state index contributed by atoms with van der Waals surface area (Å²) in [5.74, 6) is 1.61. The molecule has 0 aromatic rings. The zero-order chi connectivity index (χ0) is 12.3. The summed E-state index contributed by atoms with van der Waals surface area (Å²) in [5.41, 5.74) is 0. The van der Waals surface area contributed by atoms with Crippen LogP contribution in [0, 0.1) is 17.8 Å². The molecule has 2 aliphatic rings. The van der Waals surface area contributed by atoms with Crippen LogP contribution < -0.4 is 0 Å². The highest BCUT2D eigenvalue weighted by Crippen LogP contribution is 2.46. The summed E-state index contributed by atoms with van der Waals surface area (Å²) in [6.07, 6.45) is 9.67. The summed E-state index contributed by atoms with van der Waals surface area (Å²) in [5, 5.41) is 0. The maximum absolute atomic E-state index is 12.1. The van der Waals surface area contributed by atoms with Crippen LogP contribution in [0.4, 0.5) is 0 Å². The first-order chi connectivity index (χ1) is 8.26. The van der Waals surface area contributed by atoms with Crippen molar-refractivity contribution in [2.75, 3.05) is 0 Å². The van der Waals surface area contributed by atoms with Crippen LogP contribution in [0.1, 0.15) is 65.2 Å². The average Bonchev–Trinajstić information content (AvgIpc) is 2.90. The standard InChI is InChI=1S/C15H26O2/c1-3-5-6-11(4-2)15(16)17-14-12-7-8-13(14)10-9-12/h11-14H,3-10H2,1-2H3. The van der Waals surface area contributed by atoms with Gasteiger partial charge in [0, 0.05) is 0 Å². The first-order valence-corrected chi connectivity index (χ1v) is 7.46. The van der Waals surface area contributed by atoms with Crippen LogP contribution in [0.2, 0.25) is 0 Å². The largest absolute Gasteiger partial charge is 0.462 e. The van der Waals surface area contributed by atoms with Gasteiger partial charge < -0.3 is 4.74 Å². The average molecular weight is 238 g/mol. The Morgan fingerprint density at radius 1 is 1.18 bits per heavy atom. The smallest absolute Gasteiger partial charge is 0.309 e. The number of fused-ring (bicyclic) bond motifs is 2. The molecule has 0 aromatic carbocycles. The van der Waals surface area contributed by atoms with E-state index in [1.54, 1.807) is 0 Å². The van der Waals surface area contributed by atoms with Gasteiger partial charge in [0.25, 0.3) is 0 Å². The number of carbonyl (C=O) groups excluding carboxylic acids is 1. The lowest BCUT2D eigenvalue weighted by Gasteiger charge is -2.21. The molecule has 2 saturated carbocycles. The molecule has 2 heteroatoms. The van der Waals surface area contributed by atoms with Gasteiger partial charge in [-0.05, 0) is 50.4 Å². The monoisotopic (exact) mass is 238 g/mol. The quantitative estimate of drug-likeness (QED) is 0.655. The third-order valence-corrected chi connectivity index (χ3v) is 4.73. The minimum absolute atomic E-state index is 0.0877. The van der Waals surface area contributed by atoms with Crippen LogP contribution >= 0.6 is 0 Å². The van der Waals surface area contributed by atoms with Crippen LogP contribution in [0.3, 0.4) is 0 Å². The molecule has 0 heterocycles. The molecule has 0 aromatic heterocycles. The van der Waals surface area contributed by atoms with Gasteiger partial charge in [-0.25, -0.2) is 0 Å². The van der Waals surface area contributed by atoms with Gasteiger partial charge in [-0.2, -0.15) is 0 Å². The first-order valence-electron chi connectivity index (χ1n) is 7.46. The van der Waals surface area contributed by atoms with E-state index in [-0.39, 0.29) is 18.0 Å². The SMILES string of the molecule is CCCCC(CC)C(=O)OC1C2CCC1CC2. The molecule has 2 aliphatic carbocycles. The Hall–Kier alpha value is -0.530. The summed E-state index contributed by atoms with van der Waals surface area (Å²) in [7, 11) is 0. The summed E-state index contributed by atoms with van der Waals surface area (Å²) < 4.78 is 5.81. The van der Waals surface area contributed by atoms with Crippen LogP contribution in [-0.2, 0) is 9.53 Å².